The van der Waals surface area contributed by atoms with Gasteiger partial charge in [-0.25, -0.2) is 4.68 Å². The van der Waals surface area contributed by atoms with E-state index in [9.17, 15) is 13.2 Å². The Morgan fingerprint density at radius 2 is 1.69 bits per heavy atom. The number of nitrogens with zero attached hydrogens (tertiary/aromatic N) is 2. The normalized spacial score (nSPS) is 13.7. The van der Waals surface area contributed by atoms with Gasteiger partial charge in [-0.15, -0.1) is 0 Å². The van der Waals surface area contributed by atoms with E-state index in [0.29, 0.717) is 12.2 Å². The maximum absolute atomic E-state index is 12.7. The van der Waals surface area contributed by atoms with Crippen molar-refractivity contribution in [2.45, 2.75) is 32.1 Å². The van der Waals surface area contributed by atoms with Crippen molar-refractivity contribution in [1.82, 2.24) is 15.1 Å². The van der Waals surface area contributed by atoms with Crippen LogP contribution < -0.4 is 14.8 Å². The summed E-state index contributed by atoms with van der Waals surface area (Å²) in [5.74, 6) is 1.47. The Bertz CT molecular complexity index is 1010. The van der Waals surface area contributed by atoms with Crippen molar-refractivity contribution in [2.75, 3.05) is 6.79 Å². The van der Waals surface area contributed by atoms with Crippen molar-refractivity contribution >= 4 is 0 Å². The SMILES string of the molecule is CC(C)(NCc1cnn(-c2ccc(C(F)(F)F)cc2)c1)c1ccc2c(c1)OCO2. The molecule has 2 aromatic carbocycles. The van der Waals surface area contributed by atoms with Gasteiger partial charge in [0.1, 0.15) is 0 Å². The third kappa shape index (κ3) is 4.07. The number of benzene rings is 2. The van der Waals surface area contributed by atoms with Crippen LogP contribution in [-0.4, -0.2) is 16.6 Å². The minimum Gasteiger partial charge on any atom is -0.454 e. The van der Waals surface area contributed by atoms with Crippen LogP contribution in [0.25, 0.3) is 5.69 Å². The molecule has 1 aromatic heterocycles. The van der Waals surface area contributed by atoms with Gasteiger partial charge in [0.25, 0.3) is 0 Å². The van der Waals surface area contributed by atoms with Gasteiger partial charge in [0.05, 0.1) is 17.4 Å². The Kier molecular flexibility index (Phi) is 4.74. The van der Waals surface area contributed by atoms with Crippen LogP contribution in [0.3, 0.4) is 0 Å². The lowest BCUT2D eigenvalue weighted by Gasteiger charge is -2.27. The van der Waals surface area contributed by atoms with Crippen molar-refractivity contribution < 1.29 is 22.6 Å². The molecule has 1 aliphatic heterocycles. The molecular formula is C21H20F3N3O2. The molecule has 2 heterocycles. The Hall–Kier alpha value is -3.00. The number of rotatable bonds is 5. The first-order valence-electron chi connectivity index (χ1n) is 9.09. The lowest BCUT2D eigenvalue weighted by Crippen LogP contribution is -2.35. The highest BCUT2D eigenvalue weighted by Gasteiger charge is 2.30. The molecule has 0 saturated carbocycles. The molecule has 5 nitrogen and oxygen atoms in total. The molecule has 3 aromatic rings. The van der Waals surface area contributed by atoms with Gasteiger partial charge in [0.15, 0.2) is 11.5 Å². The Morgan fingerprint density at radius 3 is 2.41 bits per heavy atom. The van der Waals surface area contributed by atoms with Crippen molar-refractivity contribution in [2.24, 2.45) is 0 Å². The van der Waals surface area contributed by atoms with Crippen LogP contribution in [0.1, 0.15) is 30.5 Å². The van der Waals surface area contributed by atoms with Crippen molar-refractivity contribution in [3.63, 3.8) is 0 Å². The van der Waals surface area contributed by atoms with Gasteiger partial charge in [-0.1, -0.05) is 6.07 Å². The second kappa shape index (κ2) is 7.11. The molecule has 0 radical (unpaired) electrons. The molecule has 0 aliphatic carbocycles. The molecule has 0 atom stereocenters. The lowest BCUT2D eigenvalue weighted by atomic mass is 9.93. The van der Waals surface area contributed by atoms with Gasteiger partial charge in [-0.3, -0.25) is 0 Å². The van der Waals surface area contributed by atoms with E-state index in [1.165, 1.54) is 12.1 Å². The van der Waals surface area contributed by atoms with E-state index in [-0.39, 0.29) is 12.3 Å². The largest absolute Gasteiger partial charge is 0.454 e. The number of halogens is 3. The predicted octanol–water partition coefficient (Wildman–Crippen LogP) is 4.64. The van der Waals surface area contributed by atoms with Gasteiger partial charge in [0, 0.05) is 23.8 Å². The average molecular weight is 403 g/mol. The van der Waals surface area contributed by atoms with Crippen LogP contribution in [0.5, 0.6) is 11.5 Å². The highest BCUT2D eigenvalue weighted by atomic mass is 19.4. The fourth-order valence-corrected chi connectivity index (χ4v) is 3.11. The van der Waals surface area contributed by atoms with Gasteiger partial charge >= 0.3 is 6.18 Å². The summed E-state index contributed by atoms with van der Waals surface area (Å²) < 4.78 is 50.5. The summed E-state index contributed by atoms with van der Waals surface area (Å²) in [4.78, 5) is 0. The van der Waals surface area contributed by atoms with E-state index in [0.717, 1.165) is 34.8 Å². The molecule has 8 heteroatoms. The smallest absolute Gasteiger partial charge is 0.416 e. The summed E-state index contributed by atoms with van der Waals surface area (Å²) >= 11 is 0. The summed E-state index contributed by atoms with van der Waals surface area (Å²) in [7, 11) is 0. The van der Waals surface area contributed by atoms with E-state index < -0.39 is 11.7 Å². The van der Waals surface area contributed by atoms with E-state index >= 15 is 0 Å². The first-order valence-corrected chi connectivity index (χ1v) is 9.09. The monoisotopic (exact) mass is 403 g/mol. The van der Waals surface area contributed by atoms with E-state index in [1.807, 2.05) is 18.2 Å². The maximum Gasteiger partial charge on any atom is 0.416 e. The highest BCUT2D eigenvalue weighted by molar-refractivity contribution is 5.46. The third-order valence-electron chi connectivity index (χ3n) is 4.92. The highest BCUT2D eigenvalue weighted by Crippen LogP contribution is 2.35. The third-order valence-corrected chi connectivity index (χ3v) is 4.92. The molecule has 0 spiro atoms. The van der Waals surface area contributed by atoms with E-state index in [1.54, 1.807) is 17.1 Å². The molecule has 4 rings (SSSR count). The van der Waals surface area contributed by atoms with Crippen LogP contribution in [0.2, 0.25) is 0 Å². The Labute approximate surface area is 166 Å². The van der Waals surface area contributed by atoms with E-state index in [2.05, 4.69) is 24.3 Å². The first-order chi connectivity index (χ1) is 13.7. The van der Waals surface area contributed by atoms with Crippen LogP contribution in [0.4, 0.5) is 13.2 Å². The Morgan fingerprint density at radius 1 is 1.00 bits per heavy atom. The minimum absolute atomic E-state index is 0.232. The topological polar surface area (TPSA) is 48.3 Å². The quantitative estimate of drug-likeness (QED) is 0.674. The fraction of sp³-hybridized carbons (Fsp3) is 0.286. The van der Waals surface area contributed by atoms with Gasteiger partial charge in [-0.2, -0.15) is 18.3 Å². The Balaban J connectivity index is 1.44. The van der Waals surface area contributed by atoms with E-state index in [4.69, 9.17) is 9.47 Å². The first kappa shape index (κ1) is 19.3. The number of nitrogens with one attached hydrogen (secondary N) is 1. The fourth-order valence-electron chi connectivity index (χ4n) is 3.11. The average Bonchev–Trinajstić information content (AvgIpc) is 3.34. The van der Waals surface area contributed by atoms with Crippen molar-refractivity contribution in [3.05, 3.63) is 71.5 Å². The summed E-state index contributed by atoms with van der Waals surface area (Å²) in [6.45, 7) is 4.90. The van der Waals surface area contributed by atoms with Gasteiger partial charge in [-0.05, 0) is 55.8 Å². The molecule has 0 unspecified atom stereocenters. The molecule has 0 bridgehead atoms. The maximum atomic E-state index is 12.7. The number of aromatic nitrogens is 2. The van der Waals surface area contributed by atoms with Crippen LogP contribution in [0, 0.1) is 0 Å². The number of fused-ring (bicyclic) bond motifs is 1. The van der Waals surface area contributed by atoms with Crippen LogP contribution in [0.15, 0.2) is 54.9 Å². The number of hydrogen-bond donors (Lipinski definition) is 1. The predicted molar refractivity (Wildman–Crippen MR) is 101 cm³/mol. The van der Waals surface area contributed by atoms with Crippen LogP contribution >= 0.6 is 0 Å². The zero-order valence-electron chi connectivity index (χ0n) is 16.0. The number of alkyl halides is 3. The standard InChI is InChI=1S/C21H20F3N3O2/c1-20(2,16-5-8-18-19(9-16)29-13-28-18)25-10-14-11-26-27(12-14)17-6-3-15(4-7-17)21(22,23)24/h3-9,11-12,25H,10,13H2,1-2H3. The van der Waals surface area contributed by atoms with Crippen molar-refractivity contribution in [1.29, 1.82) is 0 Å². The van der Waals surface area contributed by atoms with Crippen molar-refractivity contribution in [3.8, 4) is 17.2 Å². The second-order valence-corrected chi connectivity index (χ2v) is 7.38. The lowest BCUT2D eigenvalue weighted by molar-refractivity contribution is -0.137. The molecule has 1 N–H and O–H groups in total. The zero-order valence-corrected chi connectivity index (χ0v) is 16.0. The van der Waals surface area contributed by atoms with Gasteiger partial charge < -0.3 is 14.8 Å². The van der Waals surface area contributed by atoms with Gasteiger partial charge in [0.2, 0.25) is 6.79 Å². The molecule has 0 saturated heterocycles. The molecule has 1 aliphatic rings. The molecule has 29 heavy (non-hydrogen) atoms. The summed E-state index contributed by atoms with van der Waals surface area (Å²) in [5, 5.41) is 7.74. The number of hydrogen-bond acceptors (Lipinski definition) is 4. The summed E-state index contributed by atoms with van der Waals surface area (Å²) in [5.41, 5.74) is 1.52. The minimum atomic E-state index is -4.35. The summed E-state index contributed by atoms with van der Waals surface area (Å²) in [6, 6.07) is 10.8. The zero-order chi connectivity index (χ0) is 20.6. The molecule has 152 valence electrons. The second-order valence-electron chi connectivity index (χ2n) is 7.38. The molecular weight excluding hydrogens is 383 g/mol. The molecule has 0 fully saturated rings. The molecule has 0 amide bonds. The number of ether oxygens (including phenoxy) is 2. The summed E-state index contributed by atoms with van der Waals surface area (Å²) in [6.07, 6.45) is -0.857. The van der Waals surface area contributed by atoms with Crippen LogP contribution in [-0.2, 0) is 18.3 Å².